The predicted molar refractivity (Wildman–Crippen MR) is 111 cm³/mol. The number of anilines is 1. The zero-order valence-electron chi connectivity index (χ0n) is 17.1. The van der Waals surface area contributed by atoms with Gasteiger partial charge in [-0.2, -0.15) is 0 Å². The van der Waals surface area contributed by atoms with Crippen molar-refractivity contribution in [3.8, 4) is 5.75 Å². The molecule has 0 aliphatic carbocycles. The third-order valence-electron chi connectivity index (χ3n) is 5.42. The number of carbonyl (C=O) groups excluding carboxylic acids is 1. The number of piperazine rings is 1. The fourth-order valence-corrected chi connectivity index (χ4v) is 3.56. The van der Waals surface area contributed by atoms with Gasteiger partial charge in [-0.15, -0.1) is 0 Å². The van der Waals surface area contributed by atoms with Crippen LogP contribution in [0.25, 0.3) is 0 Å². The van der Waals surface area contributed by atoms with Crippen LogP contribution >= 0.6 is 0 Å². The lowest BCUT2D eigenvalue weighted by Gasteiger charge is -2.36. The van der Waals surface area contributed by atoms with E-state index >= 15 is 0 Å². The lowest BCUT2D eigenvalue weighted by Crippen LogP contribution is -2.48. The normalized spacial score (nSPS) is 14.1. The molecule has 1 amide bonds. The maximum absolute atomic E-state index is 13.1. The van der Waals surface area contributed by atoms with Crippen molar-refractivity contribution >= 4 is 11.6 Å². The fraction of sp³-hybridized carbons (Fsp3) is 0.304. The summed E-state index contributed by atoms with van der Waals surface area (Å²) in [6, 6.07) is 13.7. The molecule has 2 heterocycles. The van der Waals surface area contributed by atoms with Crippen LogP contribution in [0.3, 0.4) is 0 Å². The number of amides is 1. The molecular formula is C23H24FN3O3. The van der Waals surface area contributed by atoms with Crippen LogP contribution < -0.4 is 9.64 Å². The van der Waals surface area contributed by atoms with E-state index in [2.05, 4.69) is 10.1 Å². The summed E-state index contributed by atoms with van der Waals surface area (Å²) in [5, 5.41) is 3.92. The highest BCUT2D eigenvalue weighted by Crippen LogP contribution is 2.20. The Balaban J connectivity index is 1.32. The van der Waals surface area contributed by atoms with Crippen molar-refractivity contribution in [3.63, 3.8) is 0 Å². The Labute approximate surface area is 174 Å². The molecule has 0 saturated carbocycles. The highest BCUT2D eigenvalue weighted by Gasteiger charge is 2.22. The van der Waals surface area contributed by atoms with E-state index in [4.69, 9.17) is 9.26 Å². The van der Waals surface area contributed by atoms with Crippen LogP contribution in [0.15, 0.2) is 53.1 Å². The Morgan fingerprint density at radius 1 is 1.03 bits per heavy atom. The topological polar surface area (TPSA) is 58.8 Å². The van der Waals surface area contributed by atoms with E-state index < -0.39 is 0 Å². The first-order valence-corrected chi connectivity index (χ1v) is 9.95. The minimum absolute atomic E-state index is 0.00558. The molecule has 1 aliphatic heterocycles. The van der Waals surface area contributed by atoms with Crippen LogP contribution in [0.5, 0.6) is 5.75 Å². The smallest absolute Gasteiger partial charge is 0.253 e. The van der Waals surface area contributed by atoms with Gasteiger partial charge in [0.15, 0.2) is 0 Å². The Morgan fingerprint density at radius 2 is 1.70 bits per heavy atom. The number of aryl methyl sites for hydroxylation is 2. The molecule has 2 aromatic carbocycles. The van der Waals surface area contributed by atoms with Gasteiger partial charge < -0.3 is 19.1 Å². The number of nitrogens with zero attached hydrogens (tertiary/aromatic N) is 3. The second-order valence-corrected chi connectivity index (χ2v) is 7.37. The van der Waals surface area contributed by atoms with Crippen molar-refractivity contribution in [1.29, 1.82) is 0 Å². The molecule has 3 aromatic rings. The Bertz CT molecular complexity index is 988. The van der Waals surface area contributed by atoms with Gasteiger partial charge in [0, 0.05) is 37.4 Å². The van der Waals surface area contributed by atoms with E-state index in [1.165, 1.54) is 12.1 Å². The Hall–Kier alpha value is -3.35. The molecule has 0 bridgehead atoms. The summed E-state index contributed by atoms with van der Waals surface area (Å²) in [5.41, 5.74) is 3.37. The van der Waals surface area contributed by atoms with Gasteiger partial charge in [0.25, 0.3) is 5.91 Å². The second kappa shape index (κ2) is 8.57. The SMILES string of the molecule is Cc1noc(C)c1COc1ccc(C(=O)N2CCN(c3ccc(F)cc3)CC2)cc1. The molecule has 1 fully saturated rings. The molecule has 6 nitrogen and oxygen atoms in total. The number of hydrogen-bond acceptors (Lipinski definition) is 5. The van der Waals surface area contributed by atoms with E-state index in [1.54, 1.807) is 36.4 Å². The molecular weight excluding hydrogens is 385 g/mol. The van der Waals surface area contributed by atoms with Gasteiger partial charge >= 0.3 is 0 Å². The van der Waals surface area contributed by atoms with Crippen LogP contribution in [-0.2, 0) is 6.61 Å². The van der Waals surface area contributed by atoms with Crippen LogP contribution in [0.1, 0.15) is 27.4 Å². The van der Waals surface area contributed by atoms with Crippen molar-refractivity contribution in [3.05, 3.63) is 76.9 Å². The van der Waals surface area contributed by atoms with Gasteiger partial charge in [-0.25, -0.2) is 4.39 Å². The molecule has 0 spiro atoms. The average molecular weight is 409 g/mol. The number of benzene rings is 2. The summed E-state index contributed by atoms with van der Waals surface area (Å²) in [5.74, 6) is 1.20. The zero-order chi connectivity index (χ0) is 21.1. The lowest BCUT2D eigenvalue weighted by molar-refractivity contribution is 0.0746. The minimum Gasteiger partial charge on any atom is -0.489 e. The van der Waals surface area contributed by atoms with E-state index in [-0.39, 0.29) is 11.7 Å². The molecule has 156 valence electrons. The number of hydrogen-bond donors (Lipinski definition) is 0. The molecule has 1 aromatic heterocycles. The first-order valence-electron chi connectivity index (χ1n) is 9.95. The molecule has 0 radical (unpaired) electrons. The minimum atomic E-state index is -0.244. The maximum atomic E-state index is 13.1. The number of ether oxygens (including phenoxy) is 1. The molecule has 4 rings (SSSR count). The first kappa shape index (κ1) is 19.9. The van der Waals surface area contributed by atoms with Crippen molar-refractivity contribution in [2.24, 2.45) is 0 Å². The van der Waals surface area contributed by atoms with Gasteiger partial charge in [-0.1, -0.05) is 5.16 Å². The Morgan fingerprint density at radius 3 is 2.30 bits per heavy atom. The van der Waals surface area contributed by atoms with E-state index in [0.717, 1.165) is 35.8 Å². The van der Waals surface area contributed by atoms with E-state index in [0.29, 0.717) is 31.0 Å². The quantitative estimate of drug-likeness (QED) is 0.638. The average Bonchev–Trinajstić information content (AvgIpc) is 3.10. The van der Waals surface area contributed by atoms with Crippen molar-refractivity contribution in [2.75, 3.05) is 31.1 Å². The van der Waals surface area contributed by atoms with Gasteiger partial charge in [0.2, 0.25) is 0 Å². The van der Waals surface area contributed by atoms with Gasteiger partial charge in [-0.05, 0) is 62.4 Å². The summed E-state index contributed by atoms with van der Waals surface area (Å²) < 4.78 is 24.1. The second-order valence-electron chi connectivity index (χ2n) is 7.37. The van der Waals surface area contributed by atoms with Gasteiger partial charge in [-0.3, -0.25) is 4.79 Å². The van der Waals surface area contributed by atoms with Crippen molar-refractivity contribution < 1.29 is 18.4 Å². The lowest BCUT2D eigenvalue weighted by atomic mass is 10.1. The number of rotatable bonds is 5. The van der Waals surface area contributed by atoms with E-state index in [1.807, 2.05) is 18.7 Å². The van der Waals surface area contributed by atoms with Crippen molar-refractivity contribution in [1.82, 2.24) is 10.1 Å². The van der Waals surface area contributed by atoms with Crippen molar-refractivity contribution in [2.45, 2.75) is 20.5 Å². The summed E-state index contributed by atoms with van der Waals surface area (Å²) in [4.78, 5) is 16.8. The summed E-state index contributed by atoms with van der Waals surface area (Å²) in [6.45, 7) is 6.80. The first-order chi connectivity index (χ1) is 14.5. The Kier molecular flexibility index (Phi) is 5.70. The predicted octanol–water partition coefficient (Wildman–Crippen LogP) is 3.97. The molecule has 7 heteroatoms. The molecule has 0 unspecified atom stereocenters. The third kappa shape index (κ3) is 4.30. The monoisotopic (exact) mass is 409 g/mol. The number of aromatic nitrogens is 1. The van der Waals surface area contributed by atoms with E-state index in [9.17, 15) is 9.18 Å². The molecule has 0 atom stereocenters. The highest BCUT2D eigenvalue weighted by atomic mass is 19.1. The van der Waals surface area contributed by atoms with Crippen LogP contribution in [0, 0.1) is 19.7 Å². The summed E-state index contributed by atoms with van der Waals surface area (Å²) in [7, 11) is 0. The largest absolute Gasteiger partial charge is 0.489 e. The maximum Gasteiger partial charge on any atom is 0.253 e. The zero-order valence-corrected chi connectivity index (χ0v) is 17.1. The number of halogens is 1. The van der Waals surface area contributed by atoms with Crippen LogP contribution in [0.4, 0.5) is 10.1 Å². The highest BCUT2D eigenvalue weighted by molar-refractivity contribution is 5.94. The summed E-state index contributed by atoms with van der Waals surface area (Å²) >= 11 is 0. The van der Waals surface area contributed by atoms with Gasteiger partial charge in [0.1, 0.15) is 23.9 Å². The summed E-state index contributed by atoms with van der Waals surface area (Å²) in [6.07, 6.45) is 0. The third-order valence-corrected chi connectivity index (χ3v) is 5.42. The molecule has 1 saturated heterocycles. The molecule has 0 N–H and O–H groups in total. The van der Waals surface area contributed by atoms with Crippen LogP contribution in [0.2, 0.25) is 0 Å². The number of carbonyl (C=O) groups is 1. The fourth-order valence-electron chi connectivity index (χ4n) is 3.56. The van der Waals surface area contributed by atoms with Crippen LogP contribution in [-0.4, -0.2) is 42.1 Å². The molecule has 30 heavy (non-hydrogen) atoms. The molecule has 1 aliphatic rings. The standard InChI is InChI=1S/C23H24FN3O3/c1-16-22(17(2)30-25-16)15-29-21-9-3-18(4-10-21)23(28)27-13-11-26(12-14-27)20-7-5-19(24)6-8-20/h3-10H,11-15H2,1-2H3. The van der Waals surface area contributed by atoms with Gasteiger partial charge in [0.05, 0.1) is 11.3 Å².